The van der Waals surface area contributed by atoms with Crippen LogP contribution in [0.5, 0.6) is 0 Å². The number of rotatable bonds is 5. The molecular formula is C22H26N5O+. The minimum absolute atomic E-state index is 0.0297. The zero-order valence-corrected chi connectivity index (χ0v) is 16.2. The van der Waals surface area contributed by atoms with Gasteiger partial charge in [0.15, 0.2) is 0 Å². The third kappa shape index (κ3) is 3.97. The van der Waals surface area contributed by atoms with Crippen molar-refractivity contribution < 1.29 is 4.90 Å². The number of hydrazone groups is 1. The molecule has 3 aromatic rings. The number of nitrogens with zero attached hydrogens (tertiary/aromatic N) is 3. The molecule has 0 aliphatic carbocycles. The monoisotopic (exact) mass is 376 g/mol. The molecule has 1 aromatic heterocycles. The van der Waals surface area contributed by atoms with Crippen molar-refractivity contribution in [2.75, 3.05) is 18.5 Å². The smallest absolute Gasteiger partial charge is 0.262 e. The van der Waals surface area contributed by atoms with E-state index in [1.165, 1.54) is 5.56 Å². The molecule has 6 heteroatoms. The van der Waals surface area contributed by atoms with Crippen LogP contribution in [-0.2, 0) is 13.1 Å². The summed E-state index contributed by atoms with van der Waals surface area (Å²) in [5, 5.41) is 5.22. The molecule has 0 radical (unpaired) electrons. The maximum Gasteiger partial charge on any atom is 0.262 e. The lowest BCUT2D eigenvalue weighted by atomic mass is 10.1. The van der Waals surface area contributed by atoms with E-state index in [4.69, 9.17) is 0 Å². The molecule has 2 aromatic carbocycles. The van der Waals surface area contributed by atoms with Gasteiger partial charge in [0, 0.05) is 30.7 Å². The van der Waals surface area contributed by atoms with Crippen LogP contribution in [-0.4, -0.2) is 28.4 Å². The number of nitrogens with one attached hydrogen (secondary N) is 2. The molecule has 0 saturated carbocycles. The number of anilines is 1. The topological polar surface area (TPSA) is 63.7 Å². The summed E-state index contributed by atoms with van der Waals surface area (Å²) in [6.07, 6.45) is 1.91. The minimum atomic E-state index is -0.0297. The second-order valence-corrected chi connectivity index (χ2v) is 7.20. The molecule has 0 amide bonds. The third-order valence-corrected chi connectivity index (χ3v) is 5.32. The standard InChI is InChI=1S/C22H25N5O/c1-2-27-21(28)19-10-6-7-11-20(19)23-22(27)25-24-18-12-14-26(15-13-18)16-17-8-4-3-5-9-17/h3-11H,2,12-16H2,1H3,(H,23,25)/p+1. The van der Waals surface area contributed by atoms with Crippen LogP contribution in [0.15, 0.2) is 64.5 Å². The molecule has 144 valence electrons. The molecule has 2 heterocycles. The molecule has 0 bridgehead atoms. The normalized spacial score (nSPS) is 16.9. The van der Waals surface area contributed by atoms with E-state index in [2.05, 4.69) is 45.8 Å². The van der Waals surface area contributed by atoms with Crippen molar-refractivity contribution in [3.05, 3.63) is 70.5 Å². The molecule has 1 saturated heterocycles. The minimum Gasteiger partial charge on any atom is -0.331 e. The van der Waals surface area contributed by atoms with Crippen molar-refractivity contribution in [3.8, 4) is 0 Å². The maximum atomic E-state index is 12.7. The fourth-order valence-electron chi connectivity index (χ4n) is 3.74. The molecule has 0 spiro atoms. The lowest BCUT2D eigenvalue weighted by Crippen LogP contribution is -3.11. The van der Waals surface area contributed by atoms with E-state index in [0.717, 1.165) is 38.2 Å². The SMILES string of the molecule is CCn1c(NN=C2CC[NH+](Cc3ccccc3)CC2)nc2ccccc2c1=O. The largest absolute Gasteiger partial charge is 0.331 e. The lowest BCUT2D eigenvalue weighted by molar-refractivity contribution is -0.914. The van der Waals surface area contributed by atoms with Crippen LogP contribution < -0.4 is 15.9 Å². The zero-order chi connectivity index (χ0) is 19.3. The number of hydrogen-bond donors (Lipinski definition) is 2. The van der Waals surface area contributed by atoms with E-state index in [9.17, 15) is 4.79 Å². The highest BCUT2D eigenvalue weighted by Crippen LogP contribution is 2.11. The fourth-order valence-corrected chi connectivity index (χ4v) is 3.74. The summed E-state index contributed by atoms with van der Waals surface area (Å²) in [7, 11) is 0. The predicted octanol–water partition coefficient (Wildman–Crippen LogP) is 2.06. The van der Waals surface area contributed by atoms with E-state index in [1.54, 1.807) is 9.47 Å². The van der Waals surface area contributed by atoms with Crippen molar-refractivity contribution in [2.45, 2.75) is 32.9 Å². The second kappa shape index (κ2) is 8.35. The highest BCUT2D eigenvalue weighted by molar-refractivity contribution is 5.85. The molecule has 2 N–H and O–H groups in total. The van der Waals surface area contributed by atoms with Gasteiger partial charge in [0.25, 0.3) is 5.56 Å². The van der Waals surface area contributed by atoms with E-state index in [0.29, 0.717) is 23.4 Å². The average Bonchev–Trinajstić information content (AvgIpc) is 2.74. The van der Waals surface area contributed by atoms with Gasteiger partial charge in [-0.15, -0.1) is 0 Å². The van der Waals surface area contributed by atoms with Crippen molar-refractivity contribution in [1.82, 2.24) is 9.55 Å². The Morgan fingerprint density at radius 3 is 2.54 bits per heavy atom. The van der Waals surface area contributed by atoms with Gasteiger partial charge in [-0.05, 0) is 19.1 Å². The third-order valence-electron chi connectivity index (χ3n) is 5.32. The molecule has 1 fully saturated rings. The van der Waals surface area contributed by atoms with Gasteiger partial charge in [-0.1, -0.05) is 42.5 Å². The molecule has 1 aliphatic rings. The molecule has 1 aliphatic heterocycles. The Hall–Kier alpha value is -2.99. The van der Waals surface area contributed by atoms with Gasteiger partial charge in [-0.2, -0.15) is 5.10 Å². The molecule has 0 atom stereocenters. The highest BCUT2D eigenvalue weighted by Gasteiger charge is 2.19. The number of quaternary nitrogens is 1. The predicted molar refractivity (Wildman–Crippen MR) is 113 cm³/mol. The maximum absolute atomic E-state index is 12.7. The van der Waals surface area contributed by atoms with Crippen LogP contribution in [0.4, 0.5) is 5.95 Å². The Bertz CT molecular complexity index is 1030. The first-order chi connectivity index (χ1) is 13.7. The Labute approximate surface area is 164 Å². The quantitative estimate of drug-likeness (QED) is 0.670. The number of benzene rings is 2. The number of hydrogen-bond acceptors (Lipinski definition) is 4. The number of aromatic nitrogens is 2. The summed E-state index contributed by atoms with van der Waals surface area (Å²) < 4.78 is 1.64. The van der Waals surface area contributed by atoms with Gasteiger partial charge < -0.3 is 4.90 Å². The second-order valence-electron chi connectivity index (χ2n) is 7.20. The summed E-state index contributed by atoms with van der Waals surface area (Å²) in [5.41, 5.74) is 6.25. The first-order valence-electron chi connectivity index (χ1n) is 9.93. The fraction of sp³-hybridized carbons (Fsp3) is 0.318. The summed E-state index contributed by atoms with van der Waals surface area (Å²) in [6.45, 7) is 5.70. The van der Waals surface area contributed by atoms with Gasteiger partial charge >= 0.3 is 0 Å². The van der Waals surface area contributed by atoms with Gasteiger partial charge in [0.1, 0.15) is 6.54 Å². The molecule has 6 nitrogen and oxygen atoms in total. The summed E-state index contributed by atoms with van der Waals surface area (Å²) in [4.78, 5) is 18.9. The summed E-state index contributed by atoms with van der Waals surface area (Å²) in [6, 6.07) is 18.1. The van der Waals surface area contributed by atoms with E-state index in [1.807, 2.05) is 31.2 Å². The first kappa shape index (κ1) is 18.4. The molecule has 28 heavy (non-hydrogen) atoms. The van der Waals surface area contributed by atoms with Crippen LogP contribution in [0.1, 0.15) is 25.3 Å². The summed E-state index contributed by atoms with van der Waals surface area (Å²) >= 11 is 0. The Morgan fingerprint density at radius 1 is 1.07 bits per heavy atom. The number of para-hydroxylation sites is 1. The van der Waals surface area contributed by atoms with Crippen LogP contribution in [0, 0.1) is 0 Å². The summed E-state index contributed by atoms with van der Waals surface area (Å²) in [5.74, 6) is 0.512. The Balaban J connectivity index is 1.44. The Kier molecular flexibility index (Phi) is 5.48. The van der Waals surface area contributed by atoms with Crippen LogP contribution in [0.2, 0.25) is 0 Å². The number of fused-ring (bicyclic) bond motifs is 1. The van der Waals surface area contributed by atoms with E-state index < -0.39 is 0 Å². The average molecular weight is 376 g/mol. The zero-order valence-electron chi connectivity index (χ0n) is 16.2. The molecule has 0 unspecified atom stereocenters. The van der Waals surface area contributed by atoms with Crippen LogP contribution in [0.3, 0.4) is 0 Å². The Morgan fingerprint density at radius 2 is 1.79 bits per heavy atom. The van der Waals surface area contributed by atoms with Gasteiger partial charge in [0.2, 0.25) is 5.95 Å². The van der Waals surface area contributed by atoms with Crippen molar-refractivity contribution in [1.29, 1.82) is 0 Å². The number of piperidine rings is 1. The van der Waals surface area contributed by atoms with Gasteiger partial charge in [-0.25, -0.2) is 10.4 Å². The van der Waals surface area contributed by atoms with Crippen molar-refractivity contribution >= 4 is 22.6 Å². The van der Waals surface area contributed by atoms with E-state index in [-0.39, 0.29) is 5.56 Å². The van der Waals surface area contributed by atoms with Crippen molar-refractivity contribution in [2.24, 2.45) is 5.10 Å². The van der Waals surface area contributed by atoms with Crippen molar-refractivity contribution in [3.63, 3.8) is 0 Å². The molecular weight excluding hydrogens is 350 g/mol. The lowest BCUT2D eigenvalue weighted by Gasteiger charge is -2.24. The van der Waals surface area contributed by atoms with Crippen LogP contribution in [0.25, 0.3) is 10.9 Å². The van der Waals surface area contributed by atoms with Gasteiger partial charge in [0.05, 0.1) is 24.0 Å². The first-order valence-corrected chi connectivity index (χ1v) is 9.93. The van der Waals surface area contributed by atoms with Gasteiger partial charge in [-0.3, -0.25) is 9.36 Å². The molecule has 4 rings (SSSR count). The van der Waals surface area contributed by atoms with Crippen LogP contribution >= 0.6 is 0 Å². The van der Waals surface area contributed by atoms with E-state index >= 15 is 0 Å². The highest BCUT2D eigenvalue weighted by atomic mass is 16.1. The number of likely N-dealkylation sites (tertiary alicyclic amines) is 1.